The minimum atomic E-state index is 0.487. The molecule has 0 nitrogen and oxygen atoms in total. The Morgan fingerprint density at radius 2 is 1.00 bits per heavy atom. The van der Waals surface area contributed by atoms with E-state index < -0.39 is 0 Å². The molecule has 0 spiro atoms. The Hall–Kier alpha value is 0. The van der Waals surface area contributed by atoms with Gasteiger partial charge in [-0.2, -0.15) is 0 Å². The van der Waals surface area contributed by atoms with E-state index >= 15 is 0 Å². The molecule has 4 fully saturated rings. The quantitative estimate of drug-likeness (QED) is 0.410. The molecule has 0 bridgehead atoms. The fourth-order valence-electron chi connectivity index (χ4n) is 9.98. The van der Waals surface area contributed by atoms with E-state index in [2.05, 4.69) is 76.2 Å². The van der Waals surface area contributed by atoms with E-state index in [1.165, 1.54) is 44.9 Å². The average Bonchev–Trinajstić information content (AvgIpc) is 2.61. The van der Waals surface area contributed by atoms with Crippen LogP contribution in [0.25, 0.3) is 0 Å². The van der Waals surface area contributed by atoms with E-state index in [0.29, 0.717) is 21.7 Å². The standard InChI is InChI=1S/C31H56/c1-19(2)12-21-14-25-24(13-20(21)3)30(8,9)26-15-22-17-28(4,5)29(6,7)18-23(22)16-27(26)31(25,10)11/h19-27H,12-18H2,1-11H3. The van der Waals surface area contributed by atoms with Crippen LogP contribution in [-0.2, 0) is 0 Å². The monoisotopic (exact) mass is 428 g/mol. The fourth-order valence-corrected chi connectivity index (χ4v) is 9.98. The number of hydrogen-bond acceptors (Lipinski definition) is 0. The molecule has 0 aromatic rings. The van der Waals surface area contributed by atoms with E-state index in [9.17, 15) is 0 Å². The molecule has 8 unspecified atom stereocenters. The van der Waals surface area contributed by atoms with Crippen LogP contribution in [0.1, 0.15) is 121 Å². The summed E-state index contributed by atoms with van der Waals surface area (Å²) in [6, 6.07) is 0. The smallest absolute Gasteiger partial charge is 0.0292 e. The van der Waals surface area contributed by atoms with Crippen LogP contribution >= 0.6 is 0 Å². The fraction of sp³-hybridized carbons (Fsp3) is 1.00. The molecule has 180 valence electrons. The van der Waals surface area contributed by atoms with Gasteiger partial charge in [-0.25, -0.2) is 0 Å². The van der Waals surface area contributed by atoms with Crippen LogP contribution in [0, 0.1) is 74.9 Å². The zero-order valence-electron chi connectivity index (χ0n) is 23.1. The lowest BCUT2D eigenvalue weighted by Crippen LogP contribution is -2.61. The summed E-state index contributed by atoms with van der Waals surface area (Å²) in [6.45, 7) is 28.6. The van der Waals surface area contributed by atoms with Crippen molar-refractivity contribution in [2.75, 3.05) is 0 Å². The van der Waals surface area contributed by atoms with Gasteiger partial charge in [-0.1, -0.05) is 76.2 Å². The van der Waals surface area contributed by atoms with Gasteiger partial charge in [0.25, 0.3) is 0 Å². The second-order valence-corrected chi connectivity index (χ2v) is 16.1. The van der Waals surface area contributed by atoms with Gasteiger partial charge >= 0.3 is 0 Å². The molecular weight excluding hydrogens is 372 g/mol. The minimum Gasteiger partial charge on any atom is -0.0628 e. The lowest BCUT2D eigenvalue weighted by molar-refractivity contribution is -0.192. The highest BCUT2D eigenvalue weighted by Gasteiger charge is 2.63. The molecule has 0 aromatic carbocycles. The Balaban J connectivity index is 1.64. The van der Waals surface area contributed by atoms with Gasteiger partial charge in [0.1, 0.15) is 0 Å². The predicted octanol–water partition coefficient (Wildman–Crippen LogP) is 9.48. The Morgan fingerprint density at radius 3 is 1.42 bits per heavy atom. The summed E-state index contributed by atoms with van der Waals surface area (Å²) >= 11 is 0. The maximum absolute atomic E-state index is 2.72. The maximum Gasteiger partial charge on any atom is -0.0292 e. The normalized spacial score (nSPS) is 47.2. The largest absolute Gasteiger partial charge is 0.0628 e. The first-order valence-electron chi connectivity index (χ1n) is 14.1. The van der Waals surface area contributed by atoms with E-state index in [-0.39, 0.29) is 0 Å². The molecule has 0 N–H and O–H groups in total. The van der Waals surface area contributed by atoms with E-state index in [4.69, 9.17) is 0 Å². The van der Waals surface area contributed by atoms with Crippen molar-refractivity contribution in [3.8, 4) is 0 Å². The van der Waals surface area contributed by atoms with Crippen molar-refractivity contribution in [3.63, 3.8) is 0 Å². The van der Waals surface area contributed by atoms with Crippen LogP contribution in [-0.4, -0.2) is 0 Å². The molecule has 0 heteroatoms. The molecule has 8 atom stereocenters. The molecule has 4 aliphatic rings. The van der Waals surface area contributed by atoms with Crippen LogP contribution < -0.4 is 0 Å². The van der Waals surface area contributed by atoms with Crippen LogP contribution in [0.4, 0.5) is 0 Å². The molecule has 0 radical (unpaired) electrons. The molecular formula is C31H56. The van der Waals surface area contributed by atoms with Gasteiger partial charge in [0.2, 0.25) is 0 Å². The zero-order chi connectivity index (χ0) is 23.1. The summed E-state index contributed by atoms with van der Waals surface area (Å²) in [4.78, 5) is 0. The van der Waals surface area contributed by atoms with Gasteiger partial charge < -0.3 is 0 Å². The van der Waals surface area contributed by atoms with E-state index in [1.54, 1.807) is 0 Å². The average molecular weight is 429 g/mol. The van der Waals surface area contributed by atoms with Gasteiger partial charge in [-0.15, -0.1) is 0 Å². The summed E-state index contributed by atoms with van der Waals surface area (Å²) in [5, 5.41) is 0. The summed E-state index contributed by atoms with van der Waals surface area (Å²) in [6.07, 6.45) is 10.4. The highest BCUT2D eigenvalue weighted by atomic mass is 14.7. The van der Waals surface area contributed by atoms with Crippen LogP contribution in [0.3, 0.4) is 0 Å². The highest BCUT2D eigenvalue weighted by Crippen LogP contribution is 2.70. The van der Waals surface area contributed by atoms with Crippen LogP contribution in [0.15, 0.2) is 0 Å². The van der Waals surface area contributed by atoms with Gasteiger partial charge in [-0.3, -0.25) is 0 Å². The Labute approximate surface area is 196 Å². The van der Waals surface area contributed by atoms with E-state index in [1.807, 2.05) is 0 Å². The first-order valence-corrected chi connectivity index (χ1v) is 14.1. The molecule has 0 amide bonds. The molecule has 4 rings (SSSR count). The third-order valence-electron chi connectivity index (χ3n) is 12.7. The third-order valence-corrected chi connectivity index (χ3v) is 12.7. The summed E-state index contributed by atoms with van der Waals surface area (Å²) in [5.41, 5.74) is 2.01. The summed E-state index contributed by atoms with van der Waals surface area (Å²) in [7, 11) is 0. The molecule has 0 heterocycles. The first-order chi connectivity index (χ1) is 14.1. The van der Waals surface area contributed by atoms with Crippen molar-refractivity contribution in [1.82, 2.24) is 0 Å². The lowest BCUT2D eigenvalue weighted by atomic mass is 9.37. The van der Waals surface area contributed by atoms with Crippen molar-refractivity contribution in [1.29, 1.82) is 0 Å². The predicted molar refractivity (Wildman–Crippen MR) is 136 cm³/mol. The second-order valence-electron chi connectivity index (χ2n) is 16.1. The topological polar surface area (TPSA) is 0 Å². The molecule has 0 aliphatic heterocycles. The second kappa shape index (κ2) is 7.50. The first kappa shape index (κ1) is 24.1. The van der Waals surface area contributed by atoms with Gasteiger partial charge in [0, 0.05) is 0 Å². The van der Waals surface area contributed by atoms with Crippen molar-refractivity contribution < 1.29 is 0 Å². The van der Waals surface area contributed by atoms with Crippen molar-refractivity contribution in [2.24, 2.45) is 74.9 Å². The number of rotatable bonds is 2. The Kier molecular flexibility index (Phi) is 5.84. The van der Waals surface area contributed by atoms with Gasteiger partial charge in [-0.05, 0) is 120 Å². The minimum absolute atomic E-state index is 0.487. The van der Waals surface area contributed by atoms with Crippen LogP contribution in [0.2, 0.25) is 0 Å². The highest BCUT2D eigenvalue weighted by molar-refractivity contribution is 5.11. The van der Waals surface area contributed by atoms with E-state index in [0.717, 1.165) is 53.3 Å². The van der Waals surface area contributed by atoms with Gasteiger partial charge in [0.15, 0.2) is 0 Å². The molecule has 4 aliphatic carbocycles. The zero-order valence-corrected chi connectivity index (χ0v) is 23.1. The third kappa shape index (κ3) is 3.77. The summed E-state index contributed by atoms with van der Waals surface area (Å²) < 4.78 is 0. The van der Waals surface area contributed by atoms with Crippen LogP contribution in [0.5, 0.6) is 0 Å². The van der Waals surface area contributed by atoms with Crippen molar-refractivity contribution in [2.45, 2.75) is 121 Å². The lowest BCUT2D eigenvalue weighted by Gasteiger charge is -2.68. The number of fused-ring (bicyclic) bond motifs is 3. The molecule has 4 saturated carbocycles. The SMILES string of the molecule is CC(C)CC1CC2C(CC1C)C(C)(C)C1CC3CC(C)(C)C(C)(C)CC3CC1C2(C)C. The summed E-state index contributed by atoms with van der Waals surface area (Å²) in [5.74, 6) is 8.43. The van der Waals surface area contributed by atoms with Crippen molar-refractivity contribution >= 4 is 0 Å². The van der Waals surface area contributed by atoms with Gasteiger partial charge in [0.05, 0.1) is 0 Å². The molecule has 0 aromatic heterocycles. The Bertz CT molecular complexity index is 662. The maximum atomic E-state index is 2.72. The molecule has 0 saturated heterocycles. The Morgan fingerprint density at radius 1 is 0.613 bits per heavy atom. The van der Waals surface area contributed by atoms with Crippen molar-refractivity contribution in [3.05, 3.63) is 0 Å². The number of hydrogen-bond donors (Lipinski definition) is 0. The molecule has 31 heavy (non-hydrogen) atoms.